The SMILES string of the molecule is C[C@]1(N)C[C@H](Nc2ncc3c(Br)ccn3n2)C1. The van der Waals surface area contributed by atoms with Gasteiger partial charge in [0.1, 0.15) is 0 Å². The van der Waals surface area contributed by atoms with Gasteiger partial charge in [0.25, 0.3) is 0 Å². The first kappa shape index (κ1) is 11.0. The van der Waals surface area contributed by atoms with Crippen LogP contribution in [0.4, 0.5) is 5.95 Å². The van der Waals surface area contributed by atoms with E-state index in [1.807, 2.05) is 12.3 Å². The quantitative estimate of drug-likeness (QED) is 0.886. The minimum absolute atomic E-state index is 0.0295. The lowest BCUT2D eigenvalue weighted by Crippen LogP contribution is -2.54. The average Bonchev–Trinajstić information content (AvgIpc) is 2.57. The number of fused-ring (bicyclic) bond motifs is 1. The van der Waals surface area contributed by atoms with E-state index < -0.39 is 0 Å². The standard InChI is InChI=1S/C11H14BrN5/c1-11(13)4-7(5-11)15-10-14-6-9-8(12)2-3-17(9)16-10/h2-3,6-7H,4-5,13H2,1H3,(H,15,16)/t7-,11-. The van der Waals surface area contributed by atoms with Crippen LogP contribution in [0.2, 0.25) is 0 Å². The van der Waals surface area contributed by atoms with Gasteiger partial charge >= 0.3 is 0 Å². The fraction of sp³-hybridized carbons (Fsp3) is 0.455. The van der Waals surface area contributed by atoms with Crippen molar-refractivity contribution in [2.45, 2.75) is 31.3 Å². The zero-order valence-electron chi connectivity index (χ0n) is 9.52. The molecule has 5 nitrogen and oxygen atoms in total. The second-order valence-corrected chi connectivity index (χ2v) is 5.83. The molecule has 17 heavy (non-hydrogen) atoms. The monoisotopic (exact) mass is 295 g/mol. The second-order valence-electron chi connectivity index (χ2n) is 4.98. The van der Waals surface area contributed by atoms with Crippen LogP contribution < -0.4 is 11.1 Å². The lowest BCUT2D eigenvalue weighted by Gasteiger charge is -2.42. The van der Waals surface area contributed by atoms with Gasteiger partial charge in [0.15, 0.2) is 0 Å². The van der Waals surface area contributed by atoms with E-state index in [1.54, 1.807) is 10.7 Å². The highest BCUT2D eigenvalue weighted by Gasteiger charge is 2.37. The van der Waals surface area contributed by atoms with Gasteiger partial charge in [-0.1, -0.05) is 0 Å². The van der Waals surface area contributed by atoms with Gasteiger partial charge in [0.2, 0.25) is 5.95 Å². The van der Waals surface area contributed by atoms with Crippen molar-refractivity contribution in [3.05, 3.63) is 22.9 Å². The summed E-state index contributed by atoms with van der Waals surface area (Å²) in [5.74, 6) is 0.654. The number of aromatic nitrogens is 3. The Bertz CT molecular complexity index is 554. The molecule has 0 aromatic carbocycles. The zero-order valence-corrected chi connectivity index (χ0v) is 11.1. The summed E-state index contributed by atoms with van der Waals surface area (Å²) < 4.78 is 2.81. The minimum Gasteiger partial charge on any atom is -0.350 e. The summed E-state index contributed by atoms with van der Waals surface area (Å²) >= 11 is 3.44. The van der Waals surface area contributed by atoms with Gasteiger partial charge in [-0.3, -0.25) is 0 Å². The first-order valence-electron chi connectivity index (χ1n) is 5.59. The normalized spacial score (nSPS) is 28.1. The Hall–Kier alpha value is -1.14. The van der Waals surface area contributed by atoms with Crippen molar-refractivity contribution in [2.75, 3.05) is 5.32 Å². The number of nitrogens with one attached hydrogen (secondary N) is 1. The number of nitrogens with two attached hydrogens (primary N) is 1. The van der Waals surface area contributed by atoms with Crippen LogP contribution in [0.25, 0.3) is 5.52 Å². The third kappa shape index (κ3) is 2.02. The molecule has 0 atom stereocenters. The van der Waals surface area contributed by atoms with Crippen LogP contribution in [-0.2, 0) is 0 Å². The van der Waals surface area contributed by atoms with Crippen LogP contribution in [-0.4, -0.2) is 26.2 Å². The molecule has 2 aromatic heterocycles. The van der Waals surface area contributed by atoms with Crippen molar-refractivity contribution in [3.63, 3.8) is 0 Å². The van der Waals surface area contributed by atoms with Crippen LogP contribution >= 0.6 is 15.9 Å². The Labute approximate surface area is 108 Å². The maximum atomic E-state index is 5.97. The van der Waals surface area contributed by atoms with Crippen LogP contribution in [0.5, 0.6) is 0 Å². The highest BCUT2D eigenvalue weighted by atomic mass is 79.9. The molecule has 3 N–H and O–H groups in total. The summed E-state index contributed by atoms with van der Waals surface area (Å²) in [6, 6.07) is 2.34. The smallest absolute Gasteiger partial charge is 0.241 e. The summed E-state index contributed by atoms with van der Waals surface area (Å²) in [5.41, 5.74) is 6.90. The summed E-state index contributed by atoms with van der Waals surface area (Å²) in [4.78, 5) is 4.30. The predicted octanol–water partition coefficient (Wildman–Crippen LogP) is 1.78. The molecule has 0 amide bonds. The third-order valence-corrected chi connectivity index (χ3v) is 3.79. The Kier molecular flexibility index (Phi) is 2.38. The highest BCUT2D eigenvalue weighted by molar-refractivity contribution is 9.10. The Morgan fingerprint density at radius 2 is 2.35 bits per heavy atom. The number of nitrogens with zero attached hydrogens (tertiary/aromatic N) is 3. The van der Waals surface area contributed by atoms with Crippen LogP contribution in [0.3, 0.4) is 0 Å². The summed E-state index contributed by atoms with van der Waals surface area (Å²) in [5, 5.41) is 7.69. The van der Waals surface area contributed by atoms with Gasteiger partial charge in [-0.2, -0.15) is 0 Å². The lowest BCUT2D eigenvalue weighted by atomic mass is 9.75. The molecule has 1 fully saturated rings. The van der Waals surface area contributed by atoms with Crippen LogP contribution in [0.15, 0.2) is 22.9 Å². The van der Waals surface area contributed by atoms with Crippen molar-refractivity contribution < 1.29 is 0 Å². The first-order chi connectivity index (χ1) is 8.03. The van der Waals surface area contributed by atoms with E-state index >= 15 is 0 Å². The molecule has 0 unspecified atom stereocenters. The van der Waals surface area contributed by atoms with Gasteiger partial charge in [0.05, 0.1) is 11.7 Å². The van der Waals surface area contributed by atoms with E-state index in [2.05, 4.69) is 38.3 Å². The maximum absolute atomic E-state index is 5.97. The minimum atomic E-state index is -0.0295. The van der Waals surface area contributed by atoms with E-state index in [1.165, 1.54) is 0 Å². The predicted molar refractivity (Wildman–Crippen MR) is 69.9 cm³/mol. The third-order valence-electron chi connectivity index (χ3n) is 3.12. The average molecular weight is 296 g/mol. The number of hydrogen-bond acceptors (Lipinski definition) is 4. The summed E-state index contributed by atoms with van der Waals surface area (Å²) in [6.07, 6.45) is 5.63. The molecule has 2 aromatic rings. The molecule has 1 aliphatic carbocycles. The molecule has 0 aliphatic heterocycles. The van der Waals surface area contributed by atoms with Crippen molar-refractivity contribution >= 4 is 27.4 Å². The maximum Gasteiger partial charge on any atom is 0.241 e. The molecule has 90 valence electrons. The first-order valence-corrected chi connectivity index (χ1v) is 6.38. The fourth-order valence-corrected chi connectivity index (χ4v) is 2.69. The Morgan fingerprint density at radius 3 is 3.06 bits per heavy atom. The van der Waals surface area contributed by atoms with E-state index in [4.69, 9.17) is 5.73 Å². The largest absolute Gasteiger partial charge is 0.350 e. The van der Waals surface area contributed by atoms with Crippen molar-refractivity contribution in [1.29, 1.82) is 0 Å². The molecular formula is C11H14BrN5. The summed E-state index contributed by atoms with van der Waals surface area (Å²) in [7, 11) is 0. The van der Waals surface area contributed by atoms with E-state index in [9.17, 15) is 0 Å². The van der Waals surface area contributed by atoms with Gasteiger partial charge < -0.3 is 11.1 Å². The molecule has 2 heterocycles. The Balaban J connectivity index is 1.78. The van der Waals surface area contributed by atoms with Crippen molar-refractivity contribution in [3.8, 4) is 0 Å². The van der Waals surface area contributed by atoms with Gasteiger partial charge in [-0.15, -0.1) is 5.10 Å². The number of hydrogen-bond donors (Lipinski definition) is 2. The zero-order chi connectivity index (χ0) is 12.0. The molecule has 0 radical (unpaired) electrons. The number of rotatable bonds is 2. The van der Waals surface area contributed by atoms with Crippen molar-refractivity contribution in [2.24, 2.45) is 5.73 Å². The molecule has 6 heteroatoms. The van der Waals surface area contributed by atoms with Crippen LogP contribution in [0, 0.1) is 0 Å². The van der Waals surface area contributed by atoms with E-state index in [0.29, 0.717) is 12.0 Å². The highest BCUT2D eigenvalue weighted by Crippen LogP contribution is 2.30. The van der Waals surface area contributed by atoms with Gasteiger partial charge in [-0.25, -0.2) is 9.50 Å². The van der Waals surface area contributed by atoms with Crippen molar-refractivity contribution in [1.82, 2.24) is 14.6 Å². The molecule has 0 bridgehead atoms. The van der Waals surface area contributed by atoms with E-state index in [-0.39, 0.29) is 5.54 Å². The lowest BCUT2D eigenvalue weighted by molar-refractivity contribution is 0.247. The molecular weight excluding hydrogens is 282 g/mol. The number of halogens is 1. The molecule has 3 rings (SSSR count). The van der Waals surface area contributed by atoms with Gasteiger partial charge in [0, 0.05) is 22.3 Å². The topological polar surface area (TPSA) is 68.2 Å². The number of anilines is 1. The Morgan fingerprint density at radius 1 is 1.59 bits per heavy atom. The molecule has 1 saturated carbocycles. The fourth-order valence-electron chi connectivity index (χ4n) is 2.29. The molecule has 0 spiro atoms. The van der Waals surface area contributed by atoms with Gasteiger partial charge in [-0.05, 0) is 41.8 Å². The molecule has 0 saturated heterocycles. The summed E-state index contributed by atoms with van der Waals surface area (Å²) in [6.45, 7) is 2.07. The molecule has 1 aliphatic rings. The second kappa shape index (κ2) is 3.68. The van der Waals surface area contributed by atoms with Crippen LogP contribution in [0.1, 0.15) is 19.8 Å². The van der Waals surface area contributed by atoms with E-state index in [0.717, 1.165) is 22.8 Å².